The zero-order chi connectivity index (χ0) is 13.3. The Morgan fingerprint density at radius 1 is 1.11 bits per heavy atom. The number of rotatable bonds is 2. The molecule has 1 aromatic carbocycles. The Labute approximate surface area is 113 Å². The molecule has 1 aromatic heterocycles. The van der Waals surface area contributed by atoms with E-state index >= 15 is 0 Å². The monoisotopic (exact) mass is 304 g/mol. The quantitative estimate of drug-likeness (QED) is 0.848. The van der Waals surface area contributed by atoms with Crippen LogP contribution in [0.5, 0.6) is 0 Å². The molecule has 0 aliphatic rings. The lowest BCUT2D eigenvalue weighted by atomic mass is 10.4. The number of benzene rings is 1. The minimum absolute atomic E-state index is 0.0849. The Hall–Kier alpha value is -1.37. The maximum Gasteiger partial charge on any atom is 0.286 e. The molecule has 0 spiro atoms. The first-order valence-corrected chi connectivity index (χ1v) is 6.87. The van der Waals surface area contributed by atoms with Crippen LogP contribution >= 0.6 is 23.2 Å². The Kier molecular flexibility index (Phi) is 3.43. The highest BCUT2D eigenvalue weighted by molar-refractivity contribution is 7.89. The summed E-state index contributed by atoms with van der Waals surface area (Å²) in [5.41, 5.74) is -0.747. The van der Waals surface area contributed by atoms with E-state index in [0.717, 1.165) is 6.07 Å². The van der Waals surface area contributed by atoms with E-state index < -0.39 is 15.6 Å². The van der Waals surface area contributed by atoms with Gasteiger partial charge in [0.1, 0.15) is 0 Å². The average molecular weight is 305 g/mol. The van der Waals surface area contributed by atoms with Crippen LogP contribution in [0.15, 0.2) is 46.2 Å². The highest BCUT2D eigenvalue weighted by Gasteiger charge is 2.20. The van der Waals surface area contributed by atoms with Crippen molar-refractivity contribution in [2.75, 3.05) is 0 Å². The third-order valence-corrected chi connectivity index (χ3v) is 4.42. The predicted octanol–water partition coefficient (Wildman–Crippen LogP) is 1.79. The molecule has 0 aliphatic heterocycles. The van der Waals surface area contributed by atoms with Crippen LogP contribution in [0.3, 0.4) is 0 Å². The summed E-state index contributed by atoms with van der Waals surface area (Å²) in [6, 6.07) is 6.21. The van der Waals surface area contributed by atoms with Gasteiger partial charge < -0.3 is 0 Å². The summed E-state index contributed by atoms with van der Waals surface area (Å²) >= 11 is 11.4. The smallest absolute Gasteiger partial charge is 0.267 e. The lowest BCUT2D eigenvalue weighted by molar-refractivity contribution is 0.575. The maximum atomic E-state index is 12.1. The third-order valence-electron chi connectivity index (χ3n) is 2.10. The molecule has 94 valence electrons. The first-order valence-electron chi connectivity index (χ1n) is 4.68. The molecule has 0 saturated heterocycles. The summed E-state index contributed by atoms with van der Waals surface area (Å²) in [6.07, 6.45) is 1.20. The van der Waals surface area contributed by atoms with Crippen LogP contribution < -0.4 is 5.56 Å². The van der Waals surface area contributed by atoms with Gasteiger partial charge in [0.2, 0.25) is 0 Å². The molecule has 1 heterocycles. The van der Waals surface area contributed by atoms with Gasteiger partial charge >= 0.3 is 0 Å². The van der Waals surface area contributed by atoms with E-state index in [1.165, 1.54) is 30.5 Å². The van der Waals surface area contributed by atoms with E-state index in [1.54, 1.807) is 0 Å². The predicted molar refractivity (Wildman–Crippen MR) is 67.5 cm³/mol. The summed E-state index contributed by atoms with van der Waals surface area (Å²) in [4.78, 5) is 11.3. The molecule has 0 fully saturated rings. The minimum Gasteiger partial charge on any atom is -0.267 e. The Balaban J connectivity index is 2.66. The molecule has 0 N–H and O–H groups in total. The average Bonchev–Trinajstić information content (AvgIpc) is 2.33. The molecule has 0 radical (unpaired) electrons. The fourth-order valence-electron chi connectivity index (χ4n) is 1.26. The largest absolute Gasteiger partial charge is 0.286 e. The molecule has 0 amide bonds. The fraction of sp³-hybridized carbons (Fsp3) is 0. The lowest BCUT2D eigenvalue weighted by Crippen LogP contribution is -2.28. The van der Waals surface area contributed by atoms with Gasteiger partial charge in [0.25, 0.3) is 15.6 Å². The summed E-state index contributed by atoms with van der Waals surface area (Å²) in [6.45, 7) is 0. The van der Waals surface area contributed by atoms with Crippen molar-refractivity contribution in [2.24, 2.45) is 0 Å². The van der Waals surface area contributed by atoms with E-state index in [0.29, 0.717) is 4.09 Å². The van der Waals surface area contributed by atoms with E-state index in [9.17, 15) is 13.2 Å². The van der Waals surface area contributed by atoms with Crippen molar-refractivity contribution < 1.29 is 8.42 Å². The van der Waals surface area contributed by atoms with Crippen molar-refractivity contribution in [1.29, 1.82) is 0 Å². The van der Waals surface area contributed by atoms with Crippen LogP contribution in [-0.4, -0.2) is 17.6 Å². The zero-order valence-electron chi connectivity index (χ0n) is 8.75. The number of nitrogens with zero attached hydrogens (tertiary/aromatic N) is 2. The molecule has 0 atom stereocenters. The van der Waals surface area contributed by atoms with Crippen molar-refractivity contribution in [1.82, 2.24) is 9.19 Å². The summed E-state index contributed by atoms with van der Waals surface area (Å²) in [7, 11) is -4.06. The Bertz CT molecular complexity index is 756. The second-order valence-corrected chi connectivity index (χ2v) is 5.87. The molecule has 0 aliphatic carbocycles. The van der Waals surface area contributed by atoms with Gasteiger partial charge in [-0.15, -0.1) is 4.09 Å². The normalized spacial score (nSPS) is 11.4. The summed E-state index contributed by atoms with van der Waals surface area (Å²) in [5, 5.41) is 3.83. The van der Waals surface area contributed by atoms with Crippen molar-refractivity contribution in [3.8, 4) is 0 Å². The molecule has 0 unspecified atom stereocenters. The fourth-order valence-corrected chi connectivity index (χ4v) is 2.81. The molecular formula is C10H6Cl2N2O3S. The van der Waals surface area contributed by atoms with Gasteiger partial charge in [-0.2, -0.15) is 13.5 Å². The molecular weight excluding hydrogens is 299 g/mol. The topological polar surface area (TPSA) is 69.0 Å². The van der Waals surface area contributed by atoms with Crippen molar-refractivity contribution in [3.05, 3.63) is 56.9 Å². The molecule has 0 bridgehead atoms. The van der Waals surface area contributed by atoms with Crippen molar-refractivity contribution in [2.45, 2.75) is 4.90 Å². The van der Waals surface area contributed by atoms with Crippen molar-refractivity contribution in [3.63, 3.8) is 0 Å². The molecule has 18 heavy (non-hydrogen) atoms. The van der Waals surface area contributed by atoms with E-state index in [-0.39, 0.29) is 14.9 Å². The first-order chi connectivity index (χ1) is 8.43. The number of aromatic nitrogens is 2. The van der Waals surface area contributed by atoms with Gasteiger partial charge in [-0.3, -0.25) is 4.79 Å². The number of hydrogen-bond donors (Lipinski definition) is 0. The minimum atomic E-state index is -4.06. The number of hydrogen-bond acceptors (Lipinski definition) is 4. The van der Waals surface area contributed by atoms with Crippen LogP contribution in [0.2, 0.25) is 10.0 Å². The highest BCUT2D eigenvalue weighted by atomic mass is 35.5. The Morgan fingerprint density at radius 2 is 1.83 bits per heavy atom. The molecule has 0 saturated carbocycles. The molecule has 2 aromatic rings. The van der Waals surface area contributed by atoms with Gasteiger partial charge in [0.05, 0.1) is 14.9 Å². The van der Waals surface area contributed by atoms with E-state index in [4.69, 9.17) is 23.2 Å². The number of halogens is 2. The molecule has 2 rings (SSSR count). The standard InChI is InChI=1S/C10H6Cl2N2O3S/c11-8-4-3-7(6-9(8)12)18(16,17)14-10(15)2-1-5-13-14/h1-6H. The second-order valence-electron chi connectivity index (χ2n) is 3.29. The van der Waals surface area contributed by atoms with Crippen LogP contribution in [0.4, 0.5) is 0 Å². The van der Waals surface area contributed by atoms with E-state index in [2.05, 4.69) is 5.10 Å². The van der Waals surface area contributed by atoms with Crippen LogP contribution in [0, 0.1) is 0 Å². The first kappa shape index (κ1) is 13.1. The third kappa shape index (κ3) is 2.27. The van der Waals surface area contributed by atoms with Gasteiger partial charge in [-0.05, 0) is 24.3 Å². The van der Waals surface area contributed by atoms with Gasteiger partial charge in [0, 0.05) is 12.3 Å². The molecule has 8 heteroatoms. The Morgan fingerprint density at radius 3 is 2.44 bits per heavy atom. The SMILES string of the molecule is O=c1cccnn1S(=O)(=O)c1ccc(Cl)c(Cl)c1. The van der Waals surface area contributed by atoms with Gasteiger partial charge in [-0.25, -0.2) is 0 Å². The highest BCUT2D eigenvalue weighted by Crippen LogP contribution is 2.25. The van der Waals surface area contributed by atoms with E-state index in [1.807, 2.05) is 0 Å². The lowest BCUT2D eigenvalue weighted by Gasteiger charge is -2.06. The molecule has 5 nitrogen and oxygen atoms in total. The van der Waals surface area contributed by atoms with Crippen molar-refractivity contribution >= 4 is 33.2 Å². The zero-order valence-corrected chi connectivity index (χ0v) is 11.1. The van der Waals surface area contributed by atoms with Crippen LogP contribution in [0.1, 0.15) is 0 Å². The summed E-state index contributed by atoms with van der Waals surface area (Å²) < 4.78 is 24.6. The van der Waals surface area contributed by atoms with Gasteiger partial charge in [0.15, 0.2) is 0 Å². The maximum absolute atomic E-state index is 12.1. The van der Waals surface area contributed by atoms with Gasteiger partial charge in [-0.1, -0.05) is 23.2 Å². The summed E-state index contributed by atoms with van der Waals surface area (Å²) in [5.74, 6) is 0. The van der Waals surface area contributed by atoms with Crippen LogP contribution in [-0.2, 0) is 10.0 Å². The second kappa shape index (κ2) is 4.72. The van der Waals surface area contributed by atoms with Crippen LogP contribution in [0.25, 0.3) is 0 Å².